The highest BCUT2D eigenvalue weighted by molar-refractivity contribution is 5.95. The smallest absolute Gasteiger partial charge is 0.177 e. The average molecular weight is 293 g/mol. The van der Waals surface area contributed by atoms with Crippen LogP contribution in [0.5, 0.6) is 0 Å². The van der Waals surface area contributed by atoms with Gasteiger partial charge in [0.25, 0.3) is 0 Å². The summed E-state index contributed by atoms with van der Waals surface area (Å²) >= 11 is 0. The van der Waals surface area contributed by atoms with Gasteiger partial charge < -0.3 is 5.73 Å². The Kier molecular flexibility index (Phi) is 10.3. The van der Waals surface area contributed by atoms with Crippen LogP contribution in [0.2, 0.25) is 0 Å². The van der Waals surface area contributed by atoms with Crippen molar-refractivity contribution in [1.82, 2.24) is 15.8 Å². The standard InChI is InChI=1S/C11H12N4O2.C2H6.CH5N/c1-8(9-5-3-2-4-6-9)13-11(14-16)10-7-12-17-15-10;2*1-2/h2-8,16H,1H3,(H,13,14);1-2H3;2H2,1H3. The Bertz CT molecular complexity index is 485. The number of nitrogens with two attached hydrogens (primary N) is 1. The monoisotopic (exact) mass is 293 g/mol. The summed E-state index contributed by atoms with van der Waals surface area (Å²) in [6.45, 7) is 5.92. The van der Waals surface area contributed by atoms with Gasteiger partial charge in [-0.15, -0.1) is 0 Å². The maximum atomic E-state index is 9.00. The summed E-state index contributed by atoms with van der Waals surface area (Å²) in [7, 11) is 1.50. The molecule has 4 N–H and O–H groups in total. The Labute approximate surface area is 124 Å². The predicted octanol–water partition coefficient (Wildman–Crippen LogP) is 2.16. The molecule has 21 heavy (non-hydrogen) atoms. The summed E-state index contributed by atoms with van der Waals surface area (Å²) in [5, 5.41) is 16.1. The Balaban J connectivity index is 0.000000921. The first-order valence-electron chi connectivity index (χ1n) is 6.70. The molecule has 1 aromatic heterocycles. The van der Waals surface area contributed by atoms with E-state index in [4.69, 9.17) is 5.21 Å². The molecule has 0 aliphatic rings. The molecule has 2 aromatic rings. The molecule has 1 atom stereocenters. The van der Waals surface area contributed by atoms with Gasteiger partial charge in [-0.25, -0.2) is 4.63 Å². The summed E-state index contributed by atoms with van der Waals surface area (Å²) in [5.41, 5.74) is 7.89. The van der Waals surface area contributed by atoms with Crippen molar-refractivity contribution in [3.05, 3.63) is 47.8 Å². The number of aromatic nitrogens is 2. The van der Waals surface area contributed by atoms with Gasteiger partial charge in [0, 0.05) is 0 Å². The molecule has 0 spiro atoms. The zero-order valence-corrected chi connectivity index (χ0v) is 12.8. The van der Waals surface area contributed by atoms with Gasteiger partial charge in [-0.2, -0.15) is 0 Å². The van der Waals surface area contributed by atoms with E-state index in [9.17, 15) is 0 Å². The minimum Gasteiger partial charge on any atom is -0.333 e. The maximum absolute atomic E-state index is 9.00. The third-order valence-electron chi connectivity index (χ3n) is 2.31. The van der Waals surface area contributed by atoms with Crippen LogP contribution in [0, 0.1) is 0 Å². The van der Waals surface area contributed by atoms with E-state index >= 15 is 0 Å². The second-order valence-electron chi connectivity index (χ2n) is 3.47. The lowest BCUT2D eigenvalue weighted by atomic mass is 10.1. The van der Waals surface area contributed by atoms with Crippen molar-refractivity contribution in [2.75, 3.05) is 7.05 Å². The molecular formula is C14H23N5O2. The van der Waals surface area contributed by atoms with Crippen LogP contribution >= 0.6 is 0 Å². The third kappa shape index (κ3) is 6.15. The number of rotatable bonds is 3. The molecule has 2 rings (SSSR count). The number of nitrogens with zero attached hydrogens (tertiary/aromatic N) is 3. The topological polar surface area (TPSA) is 110 Å². The zero-order valence-electron chi connectivity index (χ0n) is 12.8. The lowest BCUT2D eigenvalue weighted by molar-refractivity contribution is 0.233. The van der Waals surface area contributed by atoms with Gasteiger partial charge in [0.2, 0.25) is 0 Å². The minimum absolute atomic E-state index is 0.109. The van der Waals surface area contributed by atoms with Crippen molar-refractivity contribution in [3.63, 3.8) is 0 Å². The van der Waals surface area contributed by atoms with Crippen LogP contribution in [0.3, 0.4) is 0 Å². The number of hydroxylamine groups is 1. The second-order valence-corrected chi connectivity index (χ2v) is 3.47. The van der Waals surface area contributed by atoms with Crippen LogP contribution in [-0.4, -0.2) is 28.4 Å². The van der Waals surface area contributed by atoms with E-state index in [1.165, 1.54) is 13.2 Å². The number of aliphatic imine (C=N–C) groups is 1. The molecule has 0 amide bonds. The highest BCUT2D eigenvalue weighted by Crippen LogP contribution is 2.16. The fourth-order valence-corrected chi connectivity index (χ4v) is 1.42. The minimum atomic E-state index is -0.109. The highest BCUT2D eigenvalue weighted by Gasteiger charge is 2.10. The first-order valence-corrected chi connectivity index (χ1v) is 6.70. The average Bonchev–Trinajstić information content (AvgIpc) is 3.11. The van der Waals surface area contributed by atoms with Crippen molar-refractivity contribution in [2.45, 2.75) is 26.8 Å². The Morgan fingerprint density at radius 3 is 2.38 bits per heavy atom. The maximum Gasteiger partial charge on any atom is 0.177 e. The van der Waals surface area contributed by atoms with Crippen LogP contribution < -0.4 is 11.2 Å². The molecule has 7 nitrogen and oxygen atoms in total. The number of hydrogen-bond donors (Lipinski definition) is 3. The summed E-state index contributed by atoms with van der Waals surface area (Å²) in [5.74, 6) is 0.225. The fourth-order valence-electron chi connectivity index (χ4n) is 1.42. The zero-order chi connectivity index (χ0) is 16.1. The van der Waals surface area contributed by atoms with E-state index in [-0.39, 0.29) is 11.9 Å². The number of benzene rings is 1. The highest BCUT2D eigenvalue weighted by atomic mass is 16.6. The third-order valence-corrected chi connectivity index (χ3v) is 2.31. The van der Waals surface area contributed by atoms with Crippen molar-refractivity contribution in [2.24, 2.45) is 10.7 Å². The van der Waals surface area contributed by atoms with Crippen molar-refractivity contribution < 1.29 is 9.84 Å². The van der Waals surface area contributed by atoms with E-state index in [1.807, 2.05) is 56.6 Å². The SMILES string of the molecule is CC.CC(N=C(NO)c1cnon1)c1ccccc1.CN. The fraction of sp³-hybridized carbons (Fsp3) is 0.357. The Morgan fingerprint density at radius 1 is 1.29 bits per heavy atom. The van der Waals surface area contributed by atoms with Crippen LogP contribution in [0.15, 0.2) is 46.2 Å². The van der Waals surface area contributed by atoms with Gasteiger partial charge in [0.15, 0.2) is 11.5 Å². The van der Waals surface area contributed by atoms with Crippen LogP contribution in [0.1, 0.15) is 38.1 Å². The first-order chi connectivity index (χ1) is 10.3. The first kappa shape index (κ1) is 18.8. The van der Waals surface area contributed by atoms with Gasteiger partial charge in [-0.05, 0) is 24.7 Å². The molecule has 0 aliphatic heterocycles. The number of amidine groups is 1. The molecule has 116 valence electrons. The van der Waals surface area contributed by atoms with Crippen molar-refractivity contribution in [1.29, 1.82) is 0 Å². The van der Waals surface area contributed by atoms with Crippen LogP contribution in [0.25, 0.3) is 0 Å². The molecule has 0 saturated carbocycles. The van der Waals surface area contributed by atoms with Gasteiger partial charge in [0.1, 0.15) is 6.20 Å². The Morgan fingerprint density at radius 2 is 1.90 bits per heavy atom. The van der Waals surface area contributed by atoms with Crippen LogP contribution in [-0.2, 0) is 0 Å². The molecule has 0 bridgehead atoms. The van der Waals surface area contributed by atoms with Crippen molar-refractivity contribution >= 4 is 5.84 Å². The molecule has 7 heteroatoms. The second kappa shape index (κ2) is 11.6. The Hall–Kier alpha value is -2.25. The predicted molar refractivity (Wildman–Crippen MR) is 82.1 cm³/mol. The molecule has 0 radical (unpaired) electrons. The summed E-state index contributed by atoms with van der Waals surface area (Å²) < 4.78 is 4.45. The molecule has 1 unspecified atom stereocenters. The van der Waals surface area contributed by atoms with Crippen molar-refractivity contribution in [3.8, 4) is 0 Å². The quantitative estimate of drug-likeness (QED) is 0.454. The summed E-state index contributed by atoms with van der Waals surface area (Å²) in [6, 6.07) is 9.62. The van der Waals surface area contributed by atoms with E-state index < -0.39 is 0 Å². The number of nitrogens with one attached hydrogen (secondary N) is 1. The van der Waals surface area contributed by atoms with Gasteiger partial charge in [0.05, 0.1) is 6.04 Å². The lowest BCUT2D eigenvalue weighted by Crippen LogP contribution is -2.21. The normalized spacial score (nSPS) is 11.4. The lowest BCUT2D eigenvalue weighted by Gasteiger charge is -2.08. The van der Waals surface area contributed by atoms with Gasteiger partial charge >= 0.3 is 0 Å². The molecule has 0 fully saturated rings. The number of hydrogen-bond acceptors (Lipinski definition) is 6. The summed E-state index contributed by atoms with van der Waals surface area (Å²) in [4.78, 5) is 4.30. The van der Waals surface area contributed by atoms with E-state index in [0.717, 1.165) is 5.56 Å². The molecular weight excluding hydrogens is 270 g/mol. The largest absolute Gasteiger partial charge is 0.333 e. The van der Waals surface area contributed by atoms with Gasteiger partial charge in [-0.1, -0.05) is 49.3 Å². The van der Waals surface area contributed by atoms with E-state index in [1.54, 1.807) is 0 Å². The molecule has 1 heterocycles. The van der Waals surface area contributed by atoms with E-state index in [2.05, 4.69) is 25.7 Å². The molecule has 0 saturated heterocycles. The van der Waals surface area contributed by atoms with E-state index in [0.29, 0.717) is 5.69 Å². The van der Waals surface area contributed by atoms with Crippen LogP contribution in [0.4, 0.5) is 0 Å². The summed E-state index contributed by atoms with van der Waals surface area (Å²) in [6.07, 6.45) is 1.37. The molecule has 1 aromatic carbocycles. The molecule has 0 aliphatic carbocycles. The van der Waals surface area contributed by atoms with Gasteiger partial charge in [-0.3, -0.25) is 15.7 Å².